The highest BCUT2D eigenvalue weighted by Gasteiger charge is 2.68. The van der Waals surface area contributed by atoms with Gasteiger partial charge in [-0.05, 0) is 41.3 Å². The fourth-order valence-electron chi connectivity index (χ4n) is 5.99. The number of aromatic hydroxyl groups is 1. The van der Waals surface area contributed by atoms with Crippen LogP contribution in [0.25, 0.3) is 0 Å². The van der Waals surface area contributed by atoms with Crippen LogP contribution in [0.15, 0.2) is 72.8 Å². The van der Waals surface area contributed by atoms with Crippen LogP contribution in [0.3, 0.4) is 0 Å². The first-order chi connectivity index (χ1) is 14.0. The molecule has 0 unspecified atom stereocenters. The monoisotopic (exact) mass is 381 g/mol. The summed E-state index contributed by atoms with van der Waals surface area (Å²) in [6.45, 7) is 1.95. The van der Waals surface area contributed by atoms with Crippen LogP contribution < -0.4 is 4.90 Å². The van der Waals surface area contributed by atoms with Crippen molar-refractivity contribution in [3.8, 4) is 5.75 Å². The zero-order valence-electron chi connectivity index (χ0n) is 15.9. The van der Waals surface area contributed by atoms with Gasteiger partial charge in [-0.25, -0.2) is 4.90 Å². The summed E-state index contributed by atoms with van der Waals surface area (Å²) < 4.78 is 0. The molecule has 1 fully saturated rings. The molecule has 4 aliphatic rings. The number of imide groups is 1. The van der Waals surface area contributed by atoms with Crippen LogP contribution in [-0.4, -0.2) is 16.9 Å². The maximum Gasteiger partial charge on any atom is 0.241 e. The van der Waals surface area contributed by atoms with Gasteiger partial charge in [-0.2, -0.15) is 0 Å². The number of hydrogen-bond donors (Lipinski definition) is 1. The molecular formula is C25H19NO3. The number of nitrogens with zero attached hydrogens (tertiary/aromatic N) is 1. The molecule has 0 radical (unpaired) electrons. The summed E-state index contributed by atoms with van der Waals surface area (Å²) in [7, 11) is 0. The van der Waals surface area contributed by atoms with Gasteiger partial charge in [0.1, 0.15) is 5.75 Å². The smallest absolute Gasteiger partial charge is 0.241 e. The van der Waals surface area contributed by atoms with Crippen molar-refractivity contribution in [1.29, 1.82) is 0 Å². The lowest BCUT2D eigenvalue weighted by atomic mass is 9.48. The van der Waals surface area contributed by atoms with Crippen molar-refractivity contribution in [2.24, 2.45) is 11.3 Å². The predicted octanol–water partition coefficient (Wildman–Crippen LogP) is 4.18. The topological polar surface area (TPSA) is 57.6 Å². The number of phenols is 1. The van der Waals surface area contributed by atoms with Crippen molar-refractivity contribution >= 4 is 17.5 Å². The molecule has 4 nitrogen and oxygen atoms in total. The Bertz CT molecular complexity index is 1170. The van der Waals surface area contributed by atoms with E-state index in [4.69, 9.17) is 0 Å². The van der Waals surface area contributed by atoms with E-state index in [0.29, 0.717) is 5.69 Å². The third kappa shape index (κ3) is 1.84. The SMILES string of the molecule is C[C@@]12C(=O)N(c3cccc(O)c3)C(=O)[C@H]1C1c3ccccc3C2c2ccccc21. The molecular weight excluding hydrogens is 362 g/mol. The minimum atomic E-state index is -0.851. The average Bonchev–Trinajstić information content (AvgIpc) is 2.94. The van der Waals surface area contributed by atoms with Crippen molar-refractivity contribution in [2.45, 2.75) is 18.8 Å². The van der Waals surface area contributed by atoms with E-state index in [1.807, 2.05) is 31.2 Å². The van der Waals surface area contributed by atoms with Crippen LogP contribution >= 0.6 is 0 Å². The molecule has 2 bridgehead atoms. The first-order valence-corrected chi connectivity index (χ1v) is 9.88. The first kappa shape index (κ1) is 16.5. The van der Waals surface area contributed by atoms with Gasteiger partial charge >= 0.3 is 0 Å². The Labute approximate surface area is 168 Å². The normalized spacial score (nSPS) is 28.9. The zero-order valence-corrected chi connectivity index (χ0v) is 15.9. The Morgan fingerprint density at radius 1 is 0.828 bits per heavy atom. The molecule has 3 aliphatic carbocycles. The standard InChI is InChI=1S/C25H19NO3/c1-25-21-18-11-4-2-9-16(18)20(17-10-3-5-12-19(17)21)22(25)23(28)26(24(25)29)14-7-6-8-15(27)13-14/h2-13,20-22,27H,1H3/t20?,21?,22-,25+/m1/s1. The maximum atomic E-state index is 13.8. The fourth-order valence-corrected chi connectivity index (χ4v) is 5.99. The number of anilines is 1. The van der Waals surface area contributed by atoms with Crippen LogP contribution in [0.4, 0.5) is 5.69 Å². The Morgan fingerprint density at radius 2 is 1.41 bits per heavy atom. The van der Waals surface area contributed by atoms with Gasteiger partial charge in [0, 0.05) is 17.9 Å². The highest BCUT2D eigenvalue weighted by molar-refractivity contribution is 6.25. The number of rotatable bonds is 1. The number of benzene rings is 3. The predicted molar refractivity (Wildman–Crippen MR) is 109 cm³/mol. The van der Waals surface area contributed by atoms with E-state index >= 15 is 0 Å². The van der Waals surface area contributed by atoms with Gasteiger partial charge in [0.2, 0.25) is 11.8 Å². The van der Waals surface area contributed by atoms with Crippen molar-refractivity contribution in [1.82, 2.24) is 0 Å². The van der Waals surface area contributed by atoms with Gasteiger partial charge < -0.3 is 5.11 Å². The second kappa shape index (κ2) is 5.35. The highest BCUT2D eigenvalue weighted by atomic mass is 16.3. The van der Waals surface area contributed by atoms with E-state index in [1.165, 1.54) is 11.0 Å². The molecule has 0 saturated carbocycles. The van der Waals surface area contributed by atoms with E-state index in [2.05, 4.69) is 24.3 Å². The third-order valence-electron chi connectivity index (χ3n) is 7.10. The van der Waals surface area contributed by atoms with E-state index in [9.17, 15) is 14.7 Å². The van der Waals surface area contributed by atoms with Crippen LogP contribution in [0.5, 0.6) is 5.75 Å². The van der Waals surface area contributed by atoms with Crippen LogP contribution in [0.1, 0.15) is 41.0 Å². The van der Waals surface area contributed by atoms with Crippen molar-refractivity contribution < 1.29 is 14.7 Å². The summed E-state index contributed by atoms with van der Waals surface area (Å²) >= 11 is 0. The summed E-state index contributed by atoms with van der Waals surface area (Å²) in [4.78, 5) is 28.8. The maximum absolute atomic E-state index is 13.8. The van der Waals surface area contributed by atoms with E-state index < -0.39 is 11.3 Å². The van der Waals surface area contributed by atoms with E-state index in [0.717, 1.165) is 22.3 Å². The van der Waals surface area contributed by atoms with Gasteiger partial charge in [-0.3, -0.25) is 9.59 Å². The quantitative estimate of drug-likeness (QED) is 0.644. The molecule has 4 heteroatoms. The molecule has 142 valence electrons. The largest absolute Gasteiger partial charge is 0.508 e. The summed E-state index contributed by atoms with van der Waals surface area (Å²) in [5.74, 6) is -1.08. The highest BCUT2D eigenvalue weighted by Crippen LogP contribution is 2.67. The number of carbonyl (C=O) groups is 2. The Hall–Kier alpha value is -3.40. The lowest BCUT2D eigenvalue weighted by Crippen LogP contribution is -2.49. The minimum absolute atomic E-state index is 0.0395. The van der Waals surface area contributed by atoms with Crippen LogP contribution in [0.2, 0.25) is 0 Å². The van der Waals surface area contributed by atoms with Crippen LogP contribution in [0, 0.1) is 11.3 Å². The molecule has 2 atom stereocenters. The van der Waals surface area contributed by atoms with Crippen molar-refractivity contribution in [2.75, 3.05) is 4.90 Å². The molecule has 1 heterocycles. The third-order valence-corrected chi connectivity index (χ3v) is 7.10. The van der Waals surface area contributed by atoms with Crippen molar-refractivity contribution in [3.05, 3.63) is 95.1 Å². The number of carbonyl (C=O) groups excluding carboxylic acids is 2. The molecule has 0 aromatic heterocycles. The second-order valence-electron chi connectivity index (χ2n) is 8.43. The molecule has 1 saturated heterocycles. The zero-order chi connectivity index (χ0) is 19.9. The molecule has 1 aliphatic heterocycles. The summed E-state index contributed by atoms with van der Waals surface area (Å²) in [6, 6.07) is 22.8. The minimum Gasteiger partial charge on any atom is -0.508 e. The van der Waals surface area contributed by atoms with Crippen molar-refractivity contribution in [3.63, 3.8) is 0 Å². The average molecular weight is 381 g/mol. The molecule has 3 aromatic rings. The summed E-state index contributed by atoms with van der Waals surface area (Å²) in [6.07, 6.45) is 0. The summed E-state index contributed by atoms with van der Waals surface area (Å²) in [5.41, 5.74) is 4.18. The Balaban J connectivity index is 1.63. The van der Waals surface area contributed by atoms with Gasteiger partial charge in [-0.15, -0.1) is 0 Å². The Morgan fingerprint density at radius 3 is 2.00 bits per heavy atom. The number of amides is 2. The van der Waals surface area contributed by atoms with Gasteiger partial charge in [-0.1, -0.05) is 54.6 Å². The van der Waals surface area contributed by atoms with Crippen LogP contribution in [-0.2, 0) is 9.59 Å². The molecule has 7 rings (SSSR count). The molecule has 2 amide bonds. The number of phenolic OH excluding ortho intramolecular Hbond substituents is 1. The van der Waals surface area contributed by atoms with Gasteiger partial charge in [0.15, 0.2) is 0 Å². The second-order valence-corrected chi connectivity index (χ2v) is 8.43. The molecule has 0 spiro atoms. The lowest BCUT2D eigenvalue weighted by Gasteiger charge is -2.51. The summed E-state index contributed by atoms with van der Waals surface area (Å²) in [5, 5.41) is 9.92. The molecule has 29 heavy (non-hydrogen) atoms. The lowest BCUT2D eigenvalue weighted by molar-refractivity contribution is -0.128. The molecule has 3 aromatic carbocycles. The van der Waals surface area contributed by atoms with E-state index in [1.54, 1.807) is 18.2 Å². The van der Waals surface area contributed by atoms with Gasteiger partial charge in [0.25, 0.3) is 0 Å². The number of hydrogen-bond acceptors (Lipinski definition) is 3. The molecule has 1 N–H and O–H groups in total. The van der Waals surface area contributed by atoms with E-state index in [-0.39, 0.29) is 29.4 Å². The Kier molecular flexibility index (Phi) is 3.05. The first-order valence-electron chi connectivity index (χ1n) is 9.88. The van der Waals surface area contributed by atoms with Gasteiger partial charge in [0.05, 0.1) is 17.0 Å². The fraction of sp³-hybridized carbons (Fsp3) is 0.200.